The summed E-state index contributed by atoms with van der Waals surface area (Å²) < 4.78 is 0. The zero-order valence-corrected chi connectivity index (χ0v) is 15.4. The summed E-state index contributed by atoms with van der Waals surface area (Å²) in [6.07, 6.45) is 0.833. The van der Waals surface area contributed by atoms with Gasteiger partial charge in [-0.3, -0.25) is 9.59 Å². The molecule has 1 atom stereocenters. The van der Waals surface area contributed by atoms with Gasteiger partial charge in [0.2, 0.25) is 11.8 Å². The lowest BCUT2D eigenvalue weighted by atomic mass is 9.96. The fourth-order valence-electron chi connectivity index (χ4n) is 3.12. The maximum atomic E-state index is 12.5. The van der Waals surface area contributed by atoms with Crippen molar-refractivity contribution in [2.24, 2.45) is 5.92 Å². The Hall–Kier alpha value is -2.73. The Morgan fingerprint density at radius 1 is 1.19 bits per heavy atom. The quantitative estimate of drug-likeness (QED) is 0.734. The summed E-state index contributed by atoms with van der Waals surface area (Å²) in [7, 11) is 0. The van der Waals surface area contributed by atoms with E-state index in [-0.39, 0.29) is 35.8 Å². The first-order chi connectivity index (χ1) is 12.9. The first-order valence-corrected chi connectivity index (χ1v) is 9.11. The molecule has 27 heavy (non-hydrogen) atoms. The van der Waals surface area contributed by atoms with Crippen molar-refractivity contribution >= 4 is 23.4 Å². The highest BCUT2D eigenvalue weighted by atomic mass is 35.5. The molecule has 6 nitrogen and oxygen atoms in total. The molecule has 2 amide bonds. The first kappa shape index (κ1) is 19.0. The Bertz CT molecular complexity index is 838. The normalized spacial score (nSPS) is 17.0. The van der Waals surface area contributed by atoms with Crippen LogP contribution in [-0.2, 0) is 22.7 Å². The van der Waals surface area contributed by atoms with E-state index in [9.17, 15) is 19.8 Å². The summed E-state index contributed by atoms with van der Waals surface area (Å²) in [5, 5.41) is 22.6. The Kier molecular flexibility index (Phi) is 5.86. The summed E-state index contributed by atoms with van der Waals surface area (Å²) in [6, 6.07) is 11.5. The Morgan fingerprint density at radius 3 is 2.63 bits per heavy atom. The van der Waals surface area contributed by atoms with Crippen molar-refractivity contribution in [1.82, 2.24) is 10.2 Å². The molecule has 1 fully saturated rings. The number of likely N-dealkylation sites (tertiary alicyclic amines) is 1. The number of hydrogen-bond acceptors (Lipinski definition) is 4. The Labute approximate surface area is 162 Å². The highest BCUT2D eigenvalue weighted by Gasteiger charge is 2.30. The molecule has 1 saturated heterocycles. The Morgan fingerprint density at radius 2 is 1.93 bits per heavy atom. The first-order valence-electron chi connectivity index (χ1n) is 8.73. The van der Waals surface area contributed by atoms with Gasteiger partial charge in [-0.05, 0) is 36.2 Å². The number of benzene rings is 2. The van der Waals surface area contributed by atoms with Crippen LogP contribution in [0.1, 0.15) is 24.0 Å². The number of halogens is 1. The van der Waals surface area contributed by atoms with Gasteiger partial charge in [-0.25, -0.2) is 0 Å². The van der Waals surface area contributed by atoms with E-state index in [0.29, 0.717) is 36.5 Å². The lowest BCUT2D eigenvalue weighted by molar-refractivity contribution is -0.138. The van der Waals surface area contributed by atoms with Crippen LogP contribution in [0, 0.1) is 5.92 Å². The van der Waals surface area contributed by atoms with Crippen LogP contribution in [0.25, 0.3) is 0 Å². The number of nitrogens with zero attached hydrogens (tertiary/aromatic N) is 1. The molecule has 3 N–H and O–H groups in total. The van der Waals surface area contributed by atoms with E-state index in [1.165, 1.54) is 12.1 Å². The minimum Gasteiger partial charge on any atom is -0.508 e. The maximum absolute atomic E-state index is 12.5. The van der Waals surface area contributed by atoms with E-state index in [2.05, 4.69) is 5.32 Å². The smallest absolute Gasteiger partial charge is 0.225 e. The van der Waals surface area contributed by atoms with Gasteiger partial charge < -0.3 is 20.4 Å². The van der Waals surface area contributed by atoms with E-state index >= 15 is 0 Å². The standard InChI is InChI=1S/C20H21ClN2O4/c21-16-5-1-13(2-6-16)11-23-12-15(4-8-19(23)26)20(27)22-10-14-3-7-17(24)9-18(14)25/h1-3,5-7,9,15,24-25H,4,8,10-12H2,(H,22,27)/t15-/m1/s1. The molecular weight excluding hydrogens is 368 g/mol. The lowest BCUT2D eigenvalue weighted by Gasteiger charge is -2.32. The van der Waals surface area contributed by atoms with E-state index in [1.54, 1.807) is 23.1 Å². The number of amides is 2. The number of carbonyl (C=O) groups excluding carboxylic acids is 2. The zero-order chi connectivity index (χ0) is 19.4. The van der Waals surface area contributed by atoms with Gasteiger partial charge in [0.25, 0.3) is 0 Å². The molecule has 1 aliphatic rings. The SMILES string of the molecule is O=C(NCc1ccc(O)cc1O)[C@@H]1CCC(=O)N(Cc2ccc(Cl)cc2)C1. The summed E-state index contributed by atoms with van der Waals surface area (Å²) in [5.41, 5.74) is 1.48. The van der Waals surface area contributed by atoms with Gasteiger partial charge in [-0.2, -0.15) is 0 Å². The highest BCUT2D eigenvalue weighted by molar-refractivity contribution is 6.30. The average molecular weight is 389 g/mol. The summed E-state index contributed by atoms with van der Waals surface area (Å²) in [4.78, 5) is 26.4. The van der Waals surface area contributed by atoms with Crippen molar-refractivity contribution in [2.45, 2.75) is 25.9 Å². The van der Waals surface area contributed by atoms with Crippen LogP contribution in [0.2, 0.25) is 5.02 Å². The van der Waals surface area contributed by atoms with E-state index < -0.39 is 0 Å². The fourth-order valence-corrected chi connectivity index (χ4v) is 3.25. The predicted octanol–water partition coefficient (Wildman–Crippen LogP) is 2.81. The van der Waals surface area contributed by atoms with Crippen molar-refractivity contribution in [2.75, 3.05) is 6.54 Å². The van der Waals surface area contributed by atoms with Gasteiger partial charge in [0, 0.05) is 42.7 Å². The van der Waals surface area contributed by atoms with Crippen LogP contribution in [0.5, 0.6) is 11.5 Å². The third-order valence-corrected chi connectivity index (χ3v) is 4.93. The molecule has 0 unspecified atom stereocenters. The van der Waals surface area contributed by atoms with Gasteiger partial charge >= 0.3 is 0 Å². The van der Waals surface area contributed by atoms with Crippen molar-refractivity contribution in [3.8, 4) is 11.5 Å². The number of carbonyl (C=O) groups is 2. The molecule has 0 aromatic heterocycles. The molecular formula is C20H21ClN2O4. The number of aromatic hydroxyl groups is 2. The topological polar surface area (TPSA) is 89.9 Å². The van der Waals surface area contributed by atoms with Crippen molar-refractivity contribution in [1.29, 1.82) is 0 Å². The average Bonchev–Trinajstić information content (AvgIpc) is 2.64. The molecule has 0 saturated carbocycles. The molecule has 0 bridgehead atoms. The van der Waals surface area contributed by atoms with Gasteiger partial charge in [-0.1, -0.05) is 23.7 Å². The second-order valence-corrected chi connectivity index (χ2v) is 7.10. The predicted molar refractivity (Wildman–Crippen MR) is 101 cm³/mol. The number of nitrogens with one attached hydrogen (secondary N) is 1. The minimum absolute atomic E-state index is 0.0326. The molecule has 1 heterocycles. The van der Waals surface area contributed by atoms with Gasteiger partial charge in [0.15, 0.2) is 0 Å². The summed E-state index contributed by atoms with van der Waals surface area (Å²) in [6.45, 7) is 0.958. The molecule has 7 heteroatoms. The number of phenols is 2. The minimum atomic E-state index is -0.297. The molecule has 0 radical (unpaired) electrons. The van der Waals surface area contributed by atoms with Crippen molar-refractivity contribution in [3.63, 3.8) is 0 Å². The van der Waals surface area contributed by atoms with Crippen molar-refractivity contribution in [3.05, 3.63) is 58.6 Å². The second kappa shape index (κ2) is 8.31. The molecule has 142 valence electrons. The molecule has 1 aliphatic heterocycles. The van der Waals surface area contributed by atoms with E-state index in [4.69, 9.17) is 11.6 Å². The largest absolute Gasteiger partial charge is 0.508 e. The Balaban J connectivity index is 1.58. The molecule has 2 aromatic rings. The highest BCUT2D eigenvalue weighted by Crippen LogP contribution is 2.24. The van der Waals surface area contributed by atoms with Crippen LogP contribution in [0.15, 0.2) is 42.5 Å². The van der Waals surface area contributed by atoms with Crippen LogP contribution >= 0.6 is 11.6 Å². The van der Waals surface area contributed by atoms with Gasteiger partial charge in [0.1, 0.15) is 11.5 Å². The van der Waals surface area contributed by atoms with E-state index in [0.717, 1.165) is 5.56 Å². The third kappa shape index (κ3) is 4.92. The third-order valence-electron chi connectivity index (χ3n) is 4.68. The van der Waals surface area contributed by atoms with Gasteiger partial charge in [0.05, 0.1) is 5.92 Å². The van der Waals surface area contributed by atoms with Crippen LogP contribution in [0.3, 0.4) is 0 Å². The molecule has 3 rings (SSSR count). The summed E-state index contributed by atoms with van der Waals surface area (Å²) >= 11 is 5.89. The number of piperidine rings is 1. The number of phenolic OH excluding ortho intramolecular Hbond substituents is 2. The van der Waals surface area contributed by atoms with Crippen LogP contribution < -0.4 is 5.32 Å². The number of hydrogen-bond donors (Lipinski definition) is 3. The fraction of sp³-hybridized carbons (Fsp3) is 0.300. The van der Waals surface area contributed by atoms with Gasteiger partial charge in [-0.15, -0.1) is 0 Å². The zero-order valence-electron chi connectivity index (χ0n) is 14.7. The number of rotatable bonds is 5. The van der Waals surface area contributed by atoms with E-state index in [1.807, 2.05) is 12.1 Å². The van der Waals surface area contributed by atoms with Crippen LogP contribution in [0.4, 0.5) is 0 Å². The second-order valence-electron chi connectivity index (χ2n) is 6.67. The van der Waals surface area contributed by atoms with Crippen molar-refractivity contribution < 1.29 is 19.8 Å². The van der Waals surface area contributed by atoms with Crippen LogP contribution in [-0.4, -0.2) is 33.5 Å². The maximum Gasteiger partial charge on any atom is 0.225 e. The molecule has 2 aromatic carbocycles. The molecule has 0 aliphatic carbocycles. The lowest BCUT2D eigenvalue weighted by Crippen LogP contribution is -2.45. The molecule has 0 spiro atoms. The monoisotopic (exact) mass is 388 g/mol. The summed E-state index contributed by atoms with van der Waals surface area (Å²) in [5.74, 6) is -0.528.